The average Bonchev–Trinajstić information content (AvgIpc) is 2.21. The molecular weight excluding hydrogens is 224 g/mol. The molecular formula is C12H17ClN2O. The minimum atomic E-state index is -0.122. The summed E-state index contributed by atoms with van der Waals surface area (Å²) in [5, 5.41) is 3.31. The highest BCUT2D eigenvalue weighted by Gasteiger charge is 2.13. The number of hydrogen-bond donors (Lipinski definition) is 2. The van der Waals surface area contributed by atoms with Crippen molar-refractivity contribution in [3.05, 3.63) is 28.8 Å². The molecule has 0 aliphatic rings. The van der Waals surface area contributed by atoms with Gasteiger partial charge in [0.05, 0.1) is 10.7 Å². The van der Waals surface area contributed by atoms with Gasteiger partial charge in [-0.25, -0.2) is 0 Å². The Bertz CT molecular complexity index is 391. The van der Waals surface area contributed by atoms with E-state index in [4.69, 9.17) is 17.3 Å². The molecule has 0 radical (unpaired) electrons. The third-order valence-corrected chi connectivity index (χ3v) is 2.95. The van der Waals surface area contributed by atoms with Crippen molar-refractivity contribution < 1.29 is 4.79 Å². The Morgan fingerprint density at radius 1 is 1.38 bits per heavy atom. The van der Waals surface area contributed by atoms with Crippen LogP contribution in [0.1, 0.15) is 31.1 Å². The molecule has 0 aliphatic heterocycles. The molecule has 0 aliphatic carbocycles. The Kier molecular flexibility index (Phi) is 4.19. The summed E-state index contributed by atoms with van der Waals surface area (Å²) in [6, 6.07) is 5.02. The van der Waals surface area contributed by atoms with Crippen LogP contribution in [0.15, 0.2) is 18.2 Å². The van der Waals surface area contributed by atoms with Gasteiger partial charge in [0, 0.05) is 11.6 Å². The maximum absolute atomic E-state index is 11.8. The number of carbonyl (C=O) groups excluding carboxylic acids is 1. The number of anilines is 1. The maximum Gasteiger partial charge on any atom is 0.251 e. The lowest BCUT2D eigenvalue weighted by Gasteiger charge is -2.17. The van der Waals surface area contributed by atoms with Crippen LogP contribution >= 0.6 is 11.6 Å². The molecule has 0 aromatic heterocycles. The first-order valence-electron chi connectivity index (χ1n) is 5.27. The second-order valence-corrected chi connectivity index (χ2v) is 4.65. The van der Waals surface area contributed by atoms with E-state index >= 15 is 0 Å². The van der Waals surface area contributed by atoms with Gasteiger partial charge >= 0.3 is 0 Å². The van der Waals surface area contributed by atoms with Crippen LogP contribution < -0.4 is 11.1 Å². The van der Waals surface area contributed by atoms with Crippen molar-refractivity contribution >= 4 is 23.2 Å². The van der Waals surface area contributed by atoms with E-state index in [2.05, 4.69) is 19.2 Å². The zero-order valence-electron chi connectivity index (χ0n) is 9.75. The van der Waals surface area contributed by atoms with Crippen molar-refractivity contribution in [3.63, 3.8) is 0 Å². The van der Waals surface area contributed by atoms with E-state index in [1.54, 1.807) is 18.2 Å². The molecule has 0 bridgehead atoms. The Labute approximate surface area is 101 Å². The molecule has 1 aromatic rings. The summed E-state index contributed by atoms with van der Waals surface area (Å²) in [5.74, 6) is 0.274. The normalized spacial score (nSPS) is 12.6. The SMILES string of the molecule is CC(C)C(C)NC(=O)c1ccc(N)c(Cl)c1. The monoisotopic (exact) mass is 240 g/mol. The van der Waals surface area contributed by atoms with Crippen LogP contribution in [0.5, 0.6) is 0 Å². The Hall–Kier alpha value is -1.22. The minimum absolute atomic E-state index is 0.122. The molecule has 0 fully saturated rings. The molecule has 3 N–H and O–H groups in total. The number of halogens is 1. The lowest BCUT2D eigenvalue weighted by atomic mass is 10.1. The summed E-state index contributed by atoms with van der Waals surface area (Å²) in [6.07, 6.45) is 0. The molecule has 0 saturated carbocycles. The van der Waals surface area contributed by atoms with Crippen molar-refractivity contribution in [2.45, 2.75) is 26.8 Å². The number of benzene rings is 1. The number of nitrogen functional groups attached to an aromatic ring is 1. The summed E-state index contributed by atoms with van der Waals surface area (Å²) in [4.78, 5) is 11.8. The Balaban J connectivity index is 2.77. The molecule has 0 heterocycles. The van der Waals surface area contributed by atoms with Crippen LogP contribution in [-0.2, 0) is 0 Å². The summed E-state index contributed by atoms with van der Waals surface area (Å²) in [7, 11) is 0. The molecule has 16 heavy (non-hydrogen) atoms. The molecule has 3 nitrogen and oxygen atoms in total. The Morgan fingerprint density at radius 2 is 2.00 bits per heavy atom. The highest BCUT2D eigenvalue weighted by atomic mass is 35.5. The number of hydrogen-bond acceptors (Lipinski definition) is 2. The van der Waals surface area contributed by atoms with Gasteiger partial charge in [0.1, 0.15) is 0 Å². The summed E-state index contributed by atoms with van der Waals surface area (Å²) >= 11 is 5.85. The van der Waals surface area contributed by atoms with Gasteiger partial charge in [0.2, 0.25) is 0 Å². The van der Waals surface area contributed by atoms with Gasteiger partial charge in [-0.3, -0.25) is 4.79 Å². The van der Waals surface area contributed by atoms with E-state index in [0.717, 1.165) is 0 Å². The van der Waals surface area contributed by atoms with E-state index in [-0.39, 0.29) is 11.9 Å². The highest BCUT2D eigenvalue weighted by Crippen LogP contribution is 2.19. The summed E-state index contributed by atoms with van der Waals surface area (Å²) in [6.45, 7) is 6.09. The quantitative estimate of drug-likeness (QED) is 0.799. The molecule has 1 rings (SSSR count). The standard InChI is InChI=1S/C12H17ClN2O/c1-7(2)8(3)15-12(16)9-4-5-11(14)10(13)6-9/h4-8H,14H2,1-3H3,(H,15,16). The van der Waals surface area contributed by atoms with Gasteiger partial charge in [-0.05, 0) is 31.0 Å². The predicted molar refractivity (Wildman–Crippen MR) is 67.6 cm³/mol. The van der Waals surface area contributed by atoms with Crippen molar-refractivity contribution in [1.29, 1.82) is 0 Å². The average molecular weight is 241 g/mol. The van der Waals surface area contributed by atoms with E-state index in [1.165, 1.54) is 0 Å². The molecule has 88 valence electrons. The van der Waals surface area contributed by atoms with Gasteiger partial charge in [0.15, 0.2) is 0 Å². The van der Waals surface area contributed by atoms with Crippen molar-refractivity contribution in [2.24, 2.45) is 5.92 Å². The molecule has 1 unspecified atom stereocenters. The van der Waals surface area contributed by atoms with E-state index in [0.29, 0.717) is 22.2 Å². The summed E-state index contributed by atoms with van der Waals surface area (Å²) in [5.41, 5.74) is 6.59. The second-order valence-electron chi connectivity index (χ2n) is 4.24. The molecule has 0 spiro atoms. The molecule has 1 amide bonds. The number of nitrogens with one attached hydrogen (secondary N) is 1. The molecule has 1 atom stereocenters. The predicted octanol–water partition coefficient (Wildman–Crippen LogP) is 2.70. The summed E-state index contributed by atoms with van der Waals surface area (Å²) < 4.78 is 0. The largest absolute Gasteiger partial charge is 0.398 e. The third kappa shape index (κ3) is 3.14. The van der Waals surface area contributed by atoms with E-state index in [9.17, 15) is 4.79 Å². The number of amides is 1. The molecule has 1 aromatic carbocycles. The fourth-order valence-corrected chi connectivity index (χ4v) is 1.31. The topological polar surface area (TPSA) is 55.1 Å². The third-order valence-electron chi connectivity index (χ3n) is 2.62. The Morgan fingerprint density at radius 3 is 2.50 bits per heavy atom. The van der Waals surface area contributed by atoms with E-state index in [1.807, 2.05) is 6.92 Å². The minimum Gasteiger partial charge on any atom is -0.398 e. The van der Waals surface area contributed by atoms with Crippen LogP contribution in [0.3, 0.4) is 0 Å². The zero-order valence-corrected chi connectivity index (χ0v) is 10.5. The van der Waals surface area contributed by atoms with Crippen LogP contribution in [0, 0.1) is 5.92 Å². The first-order chi connectivity index (χ1) is 7.41. The van der Waals surface area contributed by atoms with Crippen LogP contribution in [-0.4, -0.2) is 11.9 Å². The first kappa shape index (κ1) is 12.8. The molecule has 4 heteroatoms. The molecule has 0 saturated heterocycles. The van der Waals surface area contributed by atoms with Gasteiger partial charge in [-0.2, -0.15) is 0 Å². The van der Waals surface area contributed by atoms with Gasteiger partial charge < -0.3 is 11.1 Å². The van der Waals surface area contributed by atoms with Gasteiger partial charge in [-0.15, -0.1) is 0 Å². The highest BCUT2D eigenvalue weighted by molar-refractivity contribution is 6.33. The lowest BCUT2D eigenvalue weighted by Crippen LogP contribution is -2.36. The number of carbonyl (C=O) groups is 1. The van der Waals surface area contributed by atoms with Crippen LogP contribution in [0.25, 0.3) is 0 Å². The van der Waals surface area contributed by atoms with Crippen molar-refractivity contribution in [2.75, 3.05) is 5.73 Å². The maximum atomic E-state index is 11.8. The smallest absolute Gasteiger partial charge is 0.251 e. The number of nitrogens with two attached hydrogens (primary N) is 1. The zero-order chi connectivity index (χ0) is 12.3. The van der Waals surface area contributed by atoms with Crippen molar-refractivity contribution in [1.82, 2.24) is 5.32 Å². The number of rotatable bonds is 3. The van der Waals surface area contributed by atoms with Crippen LogP contribution in [0.4, 0.5) is 5.69 Å². The van der Waals surface area contributed by atoms with Gasteiger partial charge in [-0.1, -0.05) is 25.4 Å². The fraction of sp³-hybridized carbons (Fsp3) is 0.417. The van der Waals surface area contributed by atoms with Crippen LogP contribution in [0.2, 0.25) is 5.02 Å². The van der Waals surface area contributed by atoms with E-state index < -0.39 is 0 Å². The van der Waals surface area contributed by atoms with Crippen molar-refractivity contribution in [3.8, 4) is 0 Å². The fourth-order valence-electron chi connectivity index (χ4n) is 1.13. The lowest BCUT2D eigenvalue weighted by molar-refractivity contribution is 0.0930. The second kappa shape index (κ2) is 5.21. The first-order valence-corrected chi connectivity index (χ1v) is 5.65. The van der Waals surface area contributed by atoms with Gasteiger partial charge in [0.25, 0.3) is 5.91 Å².